The maximum atomic E-state index is 6.00. The predicted octanol–water partition coefficient (Wildman–Crippen LogP) is 2.24. The molecule has 3 heteroatoms. The van der Waals surface area contributed by atoms with Gasteiger partial charge in [0.05, 0.1) is 18.3 Å². The van der Waals surface area contributed by atoms with Crippen LogP contribution < -0.4 is 0 Å². The van der Waals surface area contributed by atoms with Gasteiger partial charge in [-0.25, -0.2) is 0 Å². The average molecular weight is 240 g/mol. The predicted molar refractivity (Wildman–Crippen MR) is 64.9 cm³/mol. The highest BCUT2D eigenvalue weighted by molar-refractivity contribution is 4.94. The lowest BCUT2D eigenvalue weighted by Gasteiger charge is -2.31. The molecule has 6 unspecified atom stereocenters. The quantitative estimate of drug-likeness (QED) is 0.741. The lowest BCUT2D eigenvalue weighted by atomic mass is 9.79. The highest BCUT2D eigenvalue weighted by atomic mass is 16.5. The van der Waals surface area contributed by atoms with Gasteiger partial charge < -0.3 is 14.2 Å². The van der Waals surface area contributed by atoms with Crippen molar-refractivity contribution in [1.29, 1.82) is 0 Å². The van der Waals surface area contributed by atoms with Crippen molar-refractivity contribution in [3.8, 4) is 0 Å². The molecule has 0 aromatic heterocycles. The summed E-state index contributed by atoms with van der Waals surface area (Å²) in [5.74, 6) is 1.98. The maximum Gasteiger partial charge on any atom is 0.0871 e. The lowest BCUT2D eigenvalue weighted by molar-refractivity contribution is -0.0586. The number of hydrogen-bond acceptors (Lipinski definition) is 3. The molecule has 0 spiro atoms. The molecule has 0 N–H and O–H groups in total. The average Bonchev–Trinajstić information content (AvgIpc) is 2.97. The number of ether oxygens (including phenoxy) is 3. The van der Waals surface area contributed by atoms with Gasteiger partial charge in [0, 0.05) is 19.8 Å². The molecule has 0 aromatic rings. The molecule has 98 valence electrons. The summed E-state index contributed by atoms with van der Waals surface area (Å²) in [7, 11) is 0. The second-order valence-corrected chi connectivity index (χ2v) is 5.92. The van der Waals surface area contributed by atoms with Crippen molar-refractivity contribution in [2.75, 3.05) is 19.8 Å². The van der Waals surface area contributed by atoms with Gasteiger partial charge in [-0.2, -0.15) is 0 Å². The summed E-state index contributed by atoms with van der Waals surface area (Å²) in [6.07, 6.45) is 4.63. The number of hydrogen-bond donors (Lipinski definition) is 0. The summed E-state index contributed by atoms with van der Waals surface area (Å²) in [6, 6.07) is 0. The van der Waals surface area contributed by atoms with Crippen LogP contribution in [0.25, 0.3) is 0 Å². The van der Waals surface area contributed by atoms with E-state index in [0.717, 1.165) is 19.8 Å². The van der Waals surface area contributed by atoms with Crippen molar-refractivity contribution in [1.82, 2.24) is 0 Å². The van der Waals surface area contributed by atoms with Crippen molar-refractivity contribution in [2.45, 2.75) is 51.4 Å². The summed E-state index contributed by atoms with van der Waals surface area (Å²) >= 11 is 0. The van der Waals surface area contributed by atoms with Crippen LogP contribution >= 0.6 is 0 Å². The second-order valence-electron chi connectivity index (χ2n) is 5.92. The Hall–Kier alpha value is -0.120. The zero-order valence-electron chi connectivity index (χ0n) is 10.9. The largest absolute Gasteiger partial charge is 0.378 e. The summed E-state index contributed by atoms with van der Waals surface area (Å²) in [5, 5.41) is 0. The smallest absolute Gasteiger partial charge is 0.0871 e. The van der Waals surface area contributed by atoms with E-state index in [-0.39, 0.29) is 0 Å². The van der Waals surface area contributed by atoms with Crippen LogP contribution in [0.4, 0.5) is 0 Å². The molecule has 0 aliphatic carbocycles. The van der Waals surface area contributed by atoms with Crippen LogP contribution in [-0.2, 0) is 14.2 Å². The van der Waals surface area contributed by atoms with E-state index in [9.17, 15) is 0 Å². The van der Waals surface area contributed by atoms with Gasteiger partial charge in [0.25, 0.3) is 0 Å². The van der Waals surface area contributed by atoms with E-state index in [1.54, 1.807) is 0 Å². The van der Waals surface area contributed by atoms with Gasteiger partial charge in [0.2, 0.25) is 0 Å². The molecule has 0 aromatic carbocycles. The Labute approximate surface area is 104 Å². The highest BCUT2D eigenvalue weighted by Gasteiger charge is 2.46. The maximum absolute atomic E-state index is 6.00. The topological polar surface area (TPSA) is 27.7 Å². The van der Waals surface area contributed by atoms with Crippen molar-refractivity contribution in [3.05, 3.63) is 0 Å². The lowest BCUT2D eigenvalue weighted by Crippen LogP contribution is -2.39. The van der Waals surface area contributed by atoms with Crippen LogP contribution in [0.1, 0.15) is 33.1 Å². The van der Waals surface area contributed by atoms with Crippen LogP contribution in [0.3, 0.4) is 0 Å². The van der Waals surface area contributed by atoms with Crippen LogP contribution in [0.5, 0.6) is 0 Å². The molecule has 3 nitrogen and oxygen atoms in total. The first-order valence-electron chi connectivity index (χ1n) is 7.12. The fourth-order valence-corrected chi connectivity index (χ4v) is 3.87. The zero-order valence-corrected chi connectivity index (χ0v) is 10.9. The van der Waals surface area contributed by atoms with Gasteiger partial charge in [0.1, 0.15) is 0 Å². The van der Waals surface area contributed by atoms with Gasteiger partial charge >= 0.3 is 0 Å². The molecule has 3 fully saturated rings. The normalized spacial score (nSPS) is 51.2. The molecule has 3 rings (SSSR count). The van der Waals surface area contributed by atoms with E-state index in [1.165, 1.54) is 19.3 Å². The molecule has 6 atom stereocenters. The first-order valence-corrected chi connectivity index (χ1v) is 7.12. The molecule has 0 amide bonds. The Morgan fingerprint density at radius 3 is 2.00 bits per heavy atom. The van der Waals surface area contributed by atoms with E-state index >= 15 is 0 Å². The molecule has 3 aliphatic heterocycles. The minimum absolute atomic E-state index is 0.321. The minimum Gasteiger partial charge on any atom is -0.378 e. The third kappa shape index (κ3) is 2.13. The first kappa shape index (κ1) is 11.9. The van der Waals surface area contributed by atoms with E-state index in [1.807, 2.05) is 0 Å². The monoisotopic (exact) mass is 240 g/mol. The Balaban J connectivity index is 1.71. The fraction of sp³-hybridized carbons (Fsp3) is 1.00. The van der Waals surface area contributed by atoms with Crippen LogP contribution in [0, 0.1) is 17.8 Å². The van der Waals surface area contributed by atoms with E-state index < -0.39 is 0 Å². The third-order valence-corrected chi connectivity index (χ3v) is 4.94. The van der Waals surface area contributed by atoms with Gasteiger partial charge in [-0.3, -0.25) is 0 Å². The Bertz CT molecular complexity index is 242. The van der Waals surface area contributed by atoms with Crippen molar-refractivity contribution in [3.63, 3.8) is 0 Å². The van der Waals surface area contributed by atoms with Gasteiger partial charge in [-0.1, -0.05) is 6.92 Å². The van der Waals surface area contributed by atoms with Crippen LogP contribution in [0.15, 0.2) is 0 Å². The summed E-state index contributed by atoms with van der Waals surface area (Å²) in [4.78, 5) is 0. The van der Waals surface area contributed by atoms with Crippen LogP contribution in [0.2, 0.25) is 0 Å². The fourth-order valence-electron chi connectivity index (χ4n) is 3.87. The second kappa shape index (κ2) is 4.87. The summed E-state index contributed by atoms with van der Waals surface area (Å²) in [5.41, 5.74) is 0. The van der Waals surface area contributed by atoms with E-state index in [2.05, 4.69) is 13.8 Å². The van der Waals surface area contributed by atoms with Crippen LogP contribution in [-0.4, -0.2) is 38.1 Å². The van der Waals surface area contributed by atoms with Crippen molar-refractivity contribution >= 4 is 0 Å². The molecule has 3 aliphatic rings. The Morgan fingerprint density at radius 2 is 1.35 bits per heavy atom. The van der Waals surface area contributed by atoms with E-state index in [4.69, 9.17) is 14.2 Å². The molecule has 0 bridgehead atoms. The SMILES string of the molecule is CC1CCOC1C1OCCC1C1CCOC1C. The zero-order chi connectivity index (χ0) is 11.8. The summed E-state index contributed by atoms with van der Waals surface area (Å²) in [6.45, 7) is 7.26. The van der Waals surface area contributed by atoms with Gasteiger partial charge in [0.15, 0.2) is 0 Å². The molecule has 3 saturated heterocycles. The Morgan fingerprint density at radius 1 is 0.706 bits per heavy atom. The molecule has 0 radical (unpaired) electrons. The highest BCUT2D eigenvalue weighted by Crippen LogP contribution is 2.41. The molecule has 17 heavy (non-hydrogen) atoms. The molecule has 3 heterocycles. The number of rotatable bonds is 2. The van der Waals surface area contributed by atoms with Crippen molar-refractivity contribution in [2.24, 2.45) is 17.8 Å². The van der Waals surface area contributed by atoms with E-state index in [0.29, 0.717) is 36.1 Å². The summed E-state index contributed by atoms with van der Waals surface area (Å²) < 4.78 is 17.6. The van der Waals surface area contributed by atoms with Gasteiger partial charge in [-0.15, -0.1) is 0 Å². The molecule has 0 saturated carbocycles. The minimum atomic E-state index is 0.321. The molecular weight excluding hydrogens is 216 g/mol. The first-order chi connectivity index (χ1) is 8.27. The van der Waals surface area contributed by atoms with Gasteiger partial charge in [-0.05, 0) is 43.9 Å². The Kier molecular flexibility index (Phi) is 3.42. The standard InChI is InChI=1S/C14H24O3/c1-9-3-6-16-13(9)14-12(5-8-17-14)11-4-7-15-10(11)2/h9-14H,3-8H2,1-2H3. The van der Waals surface area contributed by atoms with Crippen molar-refractivity contribution < 1.29 is 14.2 Å². The third-order valence-electron chi connectivity index (χ3n) is 4.94. The molecular formula is C14H24O3.